The van der Waals surface area contributed by atoms with Crippen LogP contribution >= 0.6 is 0 Å². The van der Waals surface area contributed by atoms with Crippen LogP contribution in [0.1, 0.15) is 24.8 Å². The number of carbonyl (C=O) groups is 1. The number of carbonyl (C=O) groups excluding carboxylic acids is 1. The second kappa shape index (κ2) is 4.43. The Labute approximate surface area is 93.4 Å². The van der Waals surface area contributed by atoms with Crippen LogP contribution in [0.5, 0.6) is 0 Å². The summed E-state index contributed by atoms with van der Waals surface area (Å²) in [6.45, 7) is 0. The molecule has 0 radical (unpaired) electrons. The van der Waals surface area contributed by atoms with Gasteiger partial charge in [0.05, 0.1) is 4.92 Å². The first-order valence-corrected chi connectivity index (χ1v) is 5.43. The third-order valence-corrected chi connectivity index (χ3v) is 3.06. The molecular formula is C12H13NO3. The molecule has 0 heterocycles. The molecule has 0 saturated heterocycles. The van der Waals surface area contributed by atoms with Crippen LogP contribution in [0, 0.1) is 16.0 Å². The number of nitro groups is 1. The van der Waals surface area contributed by atoms with E-state index in [0.717, 1.165) is 24.8 Å². The molecule has 1 aromatic carbocycles. The molecule has 0 N–H and O–H groups in total. The van der Waals surface area contributed by atoms with Crippen molar-refractivity contribution in [3.05, 3.63) is 39.9 Å². The zero-order chi connectivity index (χ0) is 11.5. The highest BCUT2D eigenvalue weighted by molar-refractivity contribution is 5.83. The Morgan fingerprint density at radius 1 is 1.31 bits per heavy atom. The molecule has 4 heteroatoms. The monoisotopic (exact) mass is 219 g/mol. The van der Waals surface area contributed by atoms with Crippen LogP contribution < -0.4 is 0 Å². The van der Waals surface area contributed by atoms with E-state index in [-0.39, 0.29) is 11.6 Å². The average Bonchev–Trinajstić information content (AvgIpc) is 2.65. The molecule has 1 aromatic rings. The van der Waals surface area contributed by atoms with Crippen molar-refractivity contribution in [3.8, 4) is 0 Å². The lowest BCUT2D eigenvalue weighted by molar-refractivity contribution is -0.384. The average molecular weight is 219 g/mol. The van der Waals surface area contributed by atoms with Gasteiger partial charge in [0.15, 0.2) is 0 Å². The third-order valence-electron chi connectivity index (χ3n) is 3.06. The van der Waals surface area contributed by atoms with Crippen molar-refractivity contribution >= 4 is 11.5 Å². The number of nitro benzene ring substituents is 1. The van der Waals surface area contributed by atoms with E-state index in [1.165, 1.54) is 12.1 Å². The fourth-order valence-electron chi connectivity index (χ4n) is 2.14. The Bertz CT molecular complexity index is 411. The van der Waals surface area contributed by atoms with Crippen LogP contribution in [0.2, 0.25) is 0 Å². The maximum absolute atomic E-state index is 11.4. The van der Waals surface area contributed by atoms with E-state index >= 15 is 0 Å². The first-order chi connectivity index (χ1) is 7.66. The molecule has 84 valence electrons. The molecule has 1 aliphatic rings. The molecule has 4 nitrogen and oxygen atoms in total. The van der Waals surface area contributed by atoms with Crippen molar-refractivity contribution in [1.82, 2.24) is 0 Å². The number of hydrogen-bond donors (Lipinski definition) is 0. The summed E-state index contributed by atoms with van der Waals surface area (Å²) in [6, 6.07) is 6.47. The lowest BCUT2D eigenvalue weighted by atomic mass is 9.97. The van der Waals surface area contributed by atoms with E-state index in [1.54, 1.807) is 12.1 Å². The fraction of sp³-hybridized carbons (Fsp3) is 0.417. The van der Waals surface area contributed by atoms with Gasteiger partial charge in [-0.2, -0.15) is 0 Å². The summed E-state index contributed by atoms with van der Waals surface area (Å²) in [5.41, 5.74) is 1.10. The van der Waals surface area contributed by atoms with Gasteiger partial charge in [-0.1, -0.05) is 12.1 Å². The highest BCUT2D eigenvalue weighted by Gasteiger charge is 2.24. The van der Waals surface area contributed by atoms with Gasteiger partial charge in [0.1, 0.15) is 5.78 Å². The van der Waals surface area contributed by atoms with Crippen LogP contribution in [-0.4, -0.2) is 10.7 Å². The van der Waals surface area contributed by atoms with Crippen molar-refractivity contribution in [2.45, 2.75) is 25.7 Å². The molecule has 1 saturated carbocycles. The maximum atomic E-state index is 11.4. The minimum atomic E-state index is -0.412. The number of nitrogens with zero attached hydrogens (tertiary/aromatic N) is 1. The number of non-ortho nitro benzene ring substituents is 1. The standard InChI is InChI=1S/C12H13NO3/c14-12-3-1-2-10(12)8-9-4-6-11(7-5-9)13(15)16/h4-7,10H,1-3,8H2. The quantitative estimate of drug-likeness (QED) is 0.579. The Morgan fingerprint density at radius 3 is 2.50 bits per heavy atom. The Morgan fingerprint density at radius 2 is 2.00 bits per heavy atom. The normalized spacial score (nSPS) is 20.0. The maximum Gasteiger partial charge on any atom is 0.269 e. The molecule has 1 aliphatic carbocycles. The Kier molecular flexibility index (Phi) is 2.99. The van der Waals surface area contributed by atoms with Gasteiger partial charge in [-0.3, -0.25) is 14.9 Å². The van der Waals surface area contributed by atoms with Crippen molar-refractivity contribution in [1.29, 1.82) is 0 Å². The first-order valence-electron chi connectivity index (χ1n) is 5.43. The minimum absolute atomic E-state index is 0.0986. The molecule has 16 heavy (non-hydrogen) atoms. The second-order valence-corrected chi connectivity index (χ2v) is 4.18. The predicted octanol–water partition coefficient (Wildman–Crippen LogP) is 2.51. The van der Waals surface area contributed by atoms with Gasteiger partial charge < -0.3 is 0 Å². The van der Waals surface area contributed by atoms with E-state index in [9.17, 15) is 14.9 Å². The molecule has 0 aromatic heterocycles. The van der Waals surface area contributed by atoms with Gasteiger partial charge in [-0.05, 0) is 24.8 Å². The SMILES string of the molecule is O=C1CCCC1Cc1ccc([N+](=O)[O-])cc1. The Balaban J connectivity index is 2.05. The molecule has 1 unspecified atom stereocenters. The zero-order valence-electron chi connectivity index (χ0n) is 8.89. The number of ketones is 1. The van der Waals surface area contributed by atoms with Gasteiger partial charge in [0.2, 0.25) is 0 Å². The van der Waals surface area contributed by atoms with Crippen LogP contribution in [0.4, 0.5) is 5.69 Å². The molecular weight excluding hydrogens is 206 g/mol. The van der Waals surface area contributed by atoms with E-state index in [0.29, 0.717) is 12.2 Å². The third kappa shape index (κ3) is 2.27. The smallest absolute Gasteiger partial charge is 0.269 e. The molecule has 1 fully saturated rings. The summed E-state index contributed by atoms with van der Waals surface area (Å²) in [5.74, 6) is 0.458. The van der Waals surface area contributed by atoms with Crippen LogP contribution in [0.15, 0.2) is 24.3 Å². The van der Waals surface area contributed by atoms with E-state index in [1.807, 2.05) is 0 Å². The zero-order valence-corrected chi connectivity index (χ0v) is 8.89. The van der Waals surface area contributed by atoms with Gasteiger partial charge in [0.25, 0.3) is 5.69 Å². The molecule has 1 atom stereocenters. The van der Waals surface area contributed by atoms with Gasteiger partial charge in [0, 0.05) is 24.5 Å². The summed E-state index contributed by atoms with van der Waals surface area (Å²) >= 11 is 0. The lowest BCUT2D eigenvalue weighted by Crippen LogP contribution is -2.09. The van der Waals surface area contributed by atoms with Crippen molar-refractivity contribution < 1.29 is 9.72 Å². The predicted molar refractivity (Wildman–Crippen MR) is 59.1 cm³/mol. The first kappa shape index (κ1) is 10.8. The number of hydrogen-bond acceptors (Lipinski definition) is 3. The molecule has 2 rings (SSSR count). The number of benzene rings is 1. The summed E-state index contributed by atoms with van der Waals surface area (Å²) in [4.78, 5) is 21.5. The largest absolute Gasteiger partial charge is 0.299 e. The van der Waals surface area contributed by atoms with E-state index in [2.05, 4.69) is 0 Å². The Hall–Kier alpha value is -1.71. The molecule has 0 bridgehead atoms. The highest BCUT2D eigenvalue weighted by atomic mass is 16.6. The highest BCUT2D eigenvalue weighted by Crippen LogP contribution is 2.25. The summed E-state index contributed by atoms with van der Waals surface area (Å²) in [6.07, 6.45) is 3.35. The van der Waals surface area contributed by atoms with E-state index in [4.69, 9.17) is 0 Å². The molecule has 0 spiro atoms. The van der Waals surface area contributed by atoms with Gasteiger partial charge in [-0.25, -0.2) is 0 Å². The second-order valence-electron chi connectivity index (χ2n) is 4.18. The lowest BCUT2D eigenvalue weighted by Gasteiger charge is -2.07. The van der Waals surface area contributed by atoms with Gasteiger partial charge in [-0.15, -0.1) is 0 Å². The summed E-state index contributed by atoms with van der Waals surface area (Å²) < 4.78 is 0. The fourth-order valence-corrected chi connectivity index (χ4v) is 2.14. The van der Waals surface area contributed by atoms with Crippen LogP contribution in [-0.2, 0) is 11.2 Å². The summed E-state index contributed by atoms with van der Waals surface area (Å²) in [5, 5.41) is 10.5. The number of Topliss-reactive ketones (excluding diaryl/α,β-unsaturated/α-hetero) is 1. The molecule has 0 aliphatic heterocycles. The topological polar surface area (TPSA) is 60.2 Å². The van der Waals surface area contributed by atoms with Gasteiger partial charge >= 0.3 is 0 Å². The van der Waals surface area contributed by atoms with Crippen LogP contribution in [0.3, 0.4) is 0 Å². The van der Waals surface area contributed by atoms with E-state index < -0.39 is 4.92 Å². The van der Waals surface area contributed by atoms with Crippen molar-refractivity contribution in [2.75, 3.05) is 0 Å². The molecule has 0 amide bonds. The number of rotatable bonds is 3. The van der Waals surface area contributed by atoms with Crippen molar-refractivity contribution in [3.63, 3.8) is 0 Å². The summed E-state index contributed by atoms with van der Waals surface area (Å²) in [7, 11) is 0. The van der Waals surface area contributed by atoms with Crippen molar-refractivity contribution in [2.24, 2.45) is 5.92 Å². The van der Waals surface area contributed by atoms with Crippen LogP contribution in [0.25, 0.3) is 0 Å². The minimum Gasteiger partial charge on any atom is -0.299 e.